The summed E-state index contributed by atoms with van der Waals surface area (Å²) >= 11 is 0. The maximum absolute atomic E-state index is 12.1. The first-order valence-corrected chi connectivity index (χ1v) is 6.64. The Labute approximate surface area is 134 Å². The number of Topliss-reactive ketones (excluding diaryl/α,β-unsaturated/α-hetero) is 1. The molecule has 1 aromatic carbocycles. The average molecular weight is 328 g/mol. The minimum absolute atomic E-state index is 0.143. The molecule has 1 heterocycles. The Morgan fingerprint density at radius 2 is 1.92 bits per heavy atom. The zero-order valence-corrected chi connectivity index (χ0v) is 12.5. The lowest BCUT2D eigenvalue weighted by molar-refractivity contribution is 0.0474. The molecule has 122 valence electrons. The first-order chi connectivity index (χ1) is 11.3. The SMILES string of the molecule is Cn1c(N)c(C(=O)COC(=O)c2ccc(C#N)cc2)c(=O)[nH]c1=O. The topological polar surface area (TPSA) is 148 Å². The van der Waals surface area contributed by atoms with Crippen LogP contribution >= 0.6 is 0 Å². The van der Waals surface area contributed by atoms with E-state index < -0.39 is 35.2 Å². The molecule has 0 aliphatic carbocycles. The molecule has 0 aliphatic rings. The lowest BCUT2D eigenvalue weighted by Gasteiger charge is -2.08. The number of nitrogens with two attached hydrogens (primary N) is 1. The third-order valence-corrected chi connectivity index (χ3v) is 3.23. The fourth-order valence-electron chi connectivity index (χ4n) is 1.87. The predicted octanol–water partition coefficient (Wildman–Crippen LogP) is -0.433. The van der Waals surface area contributed by atoms with E-state index in [1.54, 1.807) is 0 Å². The number of benzene rings is 1. The van der Waals surface area contributed by atoms with Crippen LogP contribution in [0.1, 0.15) is 26.3 Å². The number of ketones is 1. The number of ether oxygens (including phenoxy) is 1. The molecule has 0 aliphatic heterocycles. The zero-order chi connectivity index (χ0) is 17.9. The number of anilines is 1. The summed E-state index contributed by atoms with van der Waals surface area (Å²) in [4.78, 5) is 48.9. The molecule has 0 unspecified atom stereocenters. The Bertz CT molecular complexity index is 963. The first kappa shape index (κ1) is 16.7. The molecule has 0 atom stereocenters. The molecule has 0 fully saturated rings. The number of nitrogen functional groups attached to an aromatic ring is 1. The monoisotopic (exact) mass is 328 g/mol. The number of nitriles is 1. The quantitative estimate of drug-likeness (QED) is 0.571. The molecule has 0 saturated carbocycles. The van der Waals surface area contributed by atoms with Crippen molar-refractivity contribution in [1.82, 2.24) is 9.55 Å². The molecule has 9 heteroatoms. The van der Waals surface area contributed by atoms with Crippen LogP contribution in [-0.4, -0.2) is 27.9 Å². The number of hydrogen-bond donors (Lipinski definition) is 2. The van der Waals surface area contributed by atoms with Gasteiger partial charge in [0.15, 0.2) is 6.61 Å². The lowest BCUT2D eigenvalue weighted by atomic mass is 10.1. The van der Waals surface area contributed by atoms with Gasteiger partial charge < -0.3 is 10.5 Å². The summed E-state index contributed by atoms with van der Waals surface area (Å²) in [6.07, 6.45) is 0. The lowest BCUT2D eigenvalue weighted by Crippen LogP contribution is -2.35. The second kappa shape index (κ2) is 6.62. The highest BCUT2D eigenvalue weighted by Crippen LogP contribution is 2.07. The molecule has 9 nitrogen and oxygen atoms in total. The zero-order valence-electron chi connectivity index (χ0n) is 12.5. The van der Waals surface area contributed by atoms with Gasteiger partial charge in [-0.1, -0.05) is 0 Å². The summed E-state index contributed by atoms with van der Waals surface area (Å²) in [5, 5.41) is 8.68. The number of aromatic nitrogens is 2. The number of rotatable bonds is 4. The van der Waals surface area contributed by atoms with Crippen molar-refractivity contribution in [3.8, 4) is 6.07 Å². The fraction of sp³-hybridized carbons (Fsp3) is 0.133. The molecule has 1 aromatic heterocycles. The molecule has 0 radical (unpaired) electrons. The highest BCUT2D eigenvalue weighted by Gasteiger charge is 2.20. The Morgan fingerprint density at radius 1 is 1.29 bits per heavy atom. The largest absolute Gasteiger partial charge is 0.454 e. The maximum Gasteiger partial charge on any atom is 0.338 e. The Balaban J connectivity index is 2.15. The molecular weight excluding hydrogens is 316 g/mol. The minimum Gasteiger partial charge on any atom is -0.454 e. The van der Waals surface area contributed by atoms with Gasteiger partial charge in [-0.2, -0.15) is 5.26 Å². The normalized spacial score (nSPS) is 10.0. The number of carbonyl (C=O) groups is 2. The van der Waals surface area contributed by atoms with E-state index in [2.05, 4.69) is 0 Å². The Morgan fingerprint density at radius 3 is 2.50 bits per heavy atom. The van der Waals surface area contributed by atoms with Gasteiger partial charge in [-0.3, -0.25) is 19.1 Å². The summed E-state index contributed by atoms with van der Waals surface area (Å²) in [6.45, 7) is -0.718. The van der Waals surface area contributed by atoms with Crippen LogP contribution in [0.4, 0.5) is 5.82 Å². The molecule has 0 bridgehead atoms. The smallest absolute Gasteiger partial charge is 0.338 e. The average Bonchev–Trinajstić information content (AvgIpc) is 2.57. The van der Waals surface area contributed by atoms with E-state index in [1.165, 1.54) is 31.3 Å². The third-order valence-electron chi connectivity index (χ3n) is 3.23. The van der Waals surface area contributed by atoms with Gasteiger partial charge in [0, 0.05) is 7.05 Å². The van der Waals surface area contributed by atoms with Crippen molar-refractivity contribution >= 4 is 17.6 Å². The van der Waals surface area contributed by atoms with Gasteiger partial charge in [-0.05, 0) is 24.3 Å². The highest BCUT2D eigenvalue weighted by atomic mass is 16.5. The minimum atomic E-state index is -0.949. The molecular formula is C15H12N4O5. The summed E-state index contributed by atoms with van der Waals surface area (Å²) in [5.41, 5.74) is 3.93. The van der Waals surface area contributed by atoms with Crippen LogP contribution in [0.2, 0.25) is 0 Å². The number of aromatic amines is 1. The van der Waals surface area contributed by atoms with Crippen LogP contribution in [-0.2, 0) is 11.8 Å². The Hall–Kier alpha value is -3.67. The third kappa shape index (κ3) is 3.22. The highest BCUT2D eigenvalue weighted by molar-refractivity contribution is 6.02. The van der Waals surface area contributed by atoms with Crippen molar-refractivity contribution in [3.05, 3.63) is 61.8 Å². The molecule has 24 heavy (non-hydrogen) atoms. The van der Waals surface area contributed by atoms with Crippen LogP contribution < -0.4 is 17.0 Å². The number of H-pyrrole nitrogens is 1. The molecule has 0 saturated heterocycles. The first-order valence-electron chi connectivity index (χ1n) is 6.64. The van der Waals surface area contributed by atoms with Crippen molar-refractivity contribution in [2.45, 2.75) is 0 Å². The van der Waals surface area contributed by atoms with E-state index in [4.69, 9.17) is 15.7 Å². The molecule has 0 spiro atoms. The van der Waals surface area contributed by atoms with E-state index in [1.807, 2.05) is 11.1 Å². The molecule has 2 aromatic rings. The van der Waals surface area contributed by atoms with E-state index in [0.29, 0.717) is 5.56 Å². The van der Waals surface area contributed by atoms with E-state index in [-0.39, 0.29) is 11.4 Å². The second-order valence-electron chi connectivity index (χ2n) is 4.77. The number of nitrogens with zero attached hydrogens (tertiary/aromatic N) is 2. The maximum atomic E-state index is 12.1. The Kier molecular flexibility index (Phi) is 4.60. The molecule has 3 N–H and O–H groups in total. The van der Waals surface area contributed by atoms with Gasteiger partial charge in [0.25, 0.3) is 5.56 Å². The summed E-state index contributed by atoms with van der Waals surface area (Å²) in [5.74, 6) is -1.96. The van der Waals surface area contributed by atoms with Gasteiger partial charge in [-0.25, -0.2) is 9.59 Å². The second-order valence-corrected chi connectivity index (χ2v) is 4.77. The van der Waals surface area contributed by atoms with Crippen LogP contribution in [0, 0.1) is 11.3 Å². The van der Waals surface area contributed by atoms with Crippen LogP contribution in [0.3, 0.4) is 0 Å². The number of carbonyl (C=O) groups excluding carboxylic acids is 2. The summed E-state index contributed by atoms with van der Waals surface area (Å²) in [6, 6.07) is 7.50. The van der Waals surface area contributed by atoms with Gasteiger partial charge in [0.05, 0.1) is 17.2 Å². The number of esters is 1. The summed E-state index contributed by atoms with van der Waals surface area (Å²) < 4.78 is 5.73. The van der Waals surface area contributed by atoms with E-state index >= 15 is 0 Å². The van der Waals surface area contributed by atoms with Crippen molar-refractivity contribution in [1.29, 1.82) is 5.26 Å². The van der Waals surface area contributed by atoms with Gasteiger partial charge in [0.1, 0.15) is 11.4 Å². The predicted molar refractivity (Wildman–Crippen MR) is 82.5 cm³/mol. The van der Waals surface area contributed by atoms with E-state index in [9.17, 15) is 19.2 Å². The van der Waals surface area contributed by atoms with Crippen molar-refractivity contribution < 1.29 is 14.3 Å². The standard InChI is InChI=1S/C15H12N4O5/c1-19-12(17)11(13(21)18-15(19)23)10(20)7-24-14(22)9-4-2-8(6-16)3-5-9/h2-5H,7,17H2,1H3,(H,18,21,23). The van der Waals surface area contributed by atoms with Crippen LogP contribution in [0.15, 0.2) is 33.9 Å². The van der Waals surface area contributed by atoms with Crippen LogP contribution in [0.25, 0.3) is 0 Å². The fourth-order valence-corrected chi connectivity index (χ4v) is 1.87. The van der Waals surface area contributed by atoms with Crippen molar-refractivity contribution in [2.24, 2.45) is 7.05 Å². The van der Waals surface area contributed by atoms with Gasteiger partial charge in [-0.15, -0.1) is 0 Å². The van der Waals surface area contributed by atoms with Crippen molar-refractivity contribution in [3.63, 3.8) is 0 Å². The van der Waals surface area contributed by atoms with E-state index in [0.717, 1.165) is 4.57 Å². The van der Waals surface area contributed by atoms with Gasteiger partial charge >= 0.3 is 11.7 Å². The van der Waals surface area contributed by atoms with Crippen LogP contribution in [0.5, 0.6) is 0 Å². The molecule has 0 amide bonds. The van der Waals surface area contributed by atoms with Gasteiger partial charge in [0.2, 0.25) is 5.78 Å². The summed E-state index contributed by atoms with van der Waals surface area (Å²) in [7, 11) is 1.28. The number of hydrogen-bond acceptors (Lipinski definition) is 7. The number of nitrogens with one attached hydrogen (secondary N) is 1. The van der Waals surface area contributed by atoms with Crippen molar-refractivity contribution in [2.75, 3.05) is 12.3 Å². The molecule has 2 rings (SSSR count).